The molecule has 3 rings (SSSR count). The molecule has 0 unspecified atom stereocenters. The number of aromatic amines is 1. The summed E-state index contributed by atoms with van der Waals surface area (Å²) >= 11 is 0. The molecule has 0 atom stereocenters. The molecule has 0 saturated carbocycles. The zero-order valence-corrected chi connectivity index (χ0v) is 17.1. The molecule has 28 heavy (non-hydrogen) atoms. The summed E-state index contributed by atoms with van der Waals surface area (Å²) in [5.41, 5.74) is 7.01. The summed E-state index contributed by atoms with van der Waals surface area (Å²) in [5.74, 6) is 0.0567. The van der Waals surface area contributed by atoms with Crippen molar-refractivity contribution in [3.63, 3.8) is 0 Å². The average Bonchev–Trinajstić information content (AvgIpc) is 2.96. The van der Waals surface area contributed by atoms with Crippen LogP contribution in [0.3, 0.4) is 0 Å². The highest BCUT2D eigenvalue weighted by Crippen LogP contribution is 2.34. The number of nitrogens with zero attached hydrogens (tertiary/aromatic N) is 3. The third-order valence-electron chi connectivity index (χ3n) is 5.00. The van der Waals surface area contributed by atoms with E-state index in [0.29, 0.717) is 13.1 Å². The van der Waals surface area contributed by atoms with Gasteiger partial charge < -0.3 is 15.2 Å². The molecule has 2 heterocycles. The van der Waals surface area contributed by atoms with E-state index < -0.39 is 15.4 Å². The minimum Gasteiger partial charge on any atom is -0.384 e. The van der Waals surface area contributed by atoms with Crippen LogP contribution in [0.5, 0.6) is 0 Å². The standard InChI is InChI=1S/C19H25N5O3S/c1-4-23(5-2)10-11-24-16-15(12-21-22-19(16)25)17(18(24)20)28(26,27)14-8-6-13(3)7-9-14/h6-9,12H,4-5,10-11,20H2,1-3H3,(H,22,25). The monoisotopic (exact) mass is 403 g/mol. The number of nitrogens with two attached hydrogens (primary N) is 1. The number of anilines is 1. The molecule has 0 fully saturated rings. The van der Waals surface area contributed by atoms with Crippen LogP contribution < -0.4 is 11.3 Å². The fraction of sp³-hybridized carbons (Fsp3) is 0.368. The maximum Gasteiger partial charge on any atom is 0.288 e. The molecule has 150 valence electrons. The lowest BCUT2D eigenvalue weighted by Gasteiger charge is -2.19. The van der Waals surface area contributed by atoms with Crippen molar-refractivity contribution in [2.75, 3.05) is 25.4 Å². The molecular formula is C19H25N5O3S. The molecule has 1 aromatic carbocycles. The lowest BCUT2D eigenvalue weighted by atomic mass is 10.2. The predicted octanol–water partition coefficient (Wildman–Crippen LogP) is 1.79. The first-order valence-electron chi connectivity index (χ1n) is 9.20. The Morgan fingerprint density at radius 1 is 1.18 bits per heavy atom. The molecule has 0 radical (unpaired) electrons. The van der Waals surface area contributed by atoms with Crippen LogP contribution in [-0.2, 0) is 16.4 Å². The van der Waals surface area contributed by atoms with Crippen LogP contribution in [0.4, 0.5) is 5.82 Å². The number of hydrogen-bond donors (Lipinski definition) is 2. The van der Waals surface area contributed by atoms with Crippen LogP contribution in [-0.4, -0.2) is 47.7 Å². The van der Waals surface area contributed by atoms with Gasteiger partial charge in [0, 0.05) is 18.5 Å². The molecule has 0 aliphatic heterocycles. The molecule has 3 N–H and O–H groups in total. The molecule has 9 heteroatoms. The van der Waals surface area contributed by atoms with Crippen LogP contribution in [0.15, 0.2) is 45.0 Å². The predicted molar refractivity (Wildman–Crippen MR) is 109 cm³/mol. The molecule has 0 bridgehead atoms. The van der Waals surface area contributed by atoms with Gasteiger partial charge >= 0.3 is 0 Å². The van der Waals surface area contributed by atoms with E-state index in [-0.39, 0.29) is 26.5 Å². The number of aryl methyl sites for hydroxylation is 1. The van der Waals surface area contributed by atoms with Gasteiger partial charge in [-0.1, -0.05) is 31.5 Å². The molecule has 0 spiro atoms. The van der Waals surface area contributed by atoms with Crippen molar-refractivity contribution in [1.82, 2.24) is 19.7 Å². The number of likely N-dealkylation sites (N-methyl/N-ethyl adjacent to an activating group) is 1. The van der Waals surface area contributed by atoms with E-state index in [1.54, 1.807) is 28.8 Å². The Morgan fingerprint density at radius 2 is 1.82 bits per heavy atom. The van der Waals surface area contributed by atoms with Crippen molar-refractivity contribution in [2.24, 2.45) is 0 Å². The summed E-state index contributed by atoms with van der Waals surface area (Å²) in [7, 11) is -3.91. The molecule has 0 amide bonds. The third-order valence-corrected chi connectivity index (χ3v) is 6.86. The SMILES string of the molecule is CCN(CC)CCn1c(N)c(S(=O)(=O)c2ccc(C)cc2)c2cn[nH]c(=O)c21. The Bertz CT molecular complexity index is 1140. The number of sulfone groups is 1. The van der Waals surface area contributed by atoms with Gasteiger partial charge in [0.2, 0.25) is 9.84 Å². The van der Waals surface area contributed by atoms with Crippen molar-refractivity contribution in [1.29, 1.82) is 0 Å². The van der Waals surface area contributed by atoms with Crippen LogP contribution in [0.25, 0.3) is 10.9 Å². The van der Waals surface area contributed by atoms with Crippen molar-refractivity contribution in [2.45, 2.75) is 37.1 Å². The number of benzene rings is 1. The summed E-state index contributed by atoms with van der Waals surface area (Å²) < 4.78 is 28.2. The molecule has 8 nitrogen and oxygen atoms in total. The van der Waals surface area contributed by atoms with Crippen LogP contribution in [0.2, 0.25) is 0 Å². The summed E-state index contributed by atoms with van der Waals surface area (Å²) in [6.07, 6.45) is 1.35. The first kappa shape index (κ1) is 20.1. The largest absolute Gasteiger partial charge is 0.384 e. The molecule has 3 aromatic rings. The zero-order valence-electron chi connectivity index (χ0n) is 16.3. The van der Waals surface area contributed by atoms with Gasteiger partial charge in [0.15, 0.2) is 0 Å². The number of aromatic nitrogens is 3. The van der Waals surface area contributed by atoms with E-state index in [4.69, 9.17) is 5.73 Å². The van der Waals surface area contributed by atoms with Crippen LogP contribution in [0, 0.1) is 6.92 Å². The number of fused-ring (bicyclic) bond motifs is 1. The van der Waals surface area contributed by atoms with Gasteiger partial charge in [-0.05, 0) is 32.1 Å². The van der Waals surface area contributed by atoms with E-state index in [0.717, 1.165) is 18.7 Å². The minimum atomic E-state index is -3.91. The Balaban J connectivity index is 2.21. The van der Waals surface area contributed by atoms with Crippen LogP contribution >= 0.6 is 0 Å². The van der Waals surface area contributed by atoms with Gasteiger partial charge in [-0.25, -0.2) is 13.5 Å². The number of rotatable bonds is 7. The maximum absolute atomic E-state index is 13.3. The van der Waals surface area contributed by atoms with E-state index in [1.807, 2.05) is 20.8 Å². The van der Waals surface area contributed by atoms with Crippen molar-refractivity contribution >= 4 is 26.6 Å². The highest BCUT2D eigenvalue weighted by Gasteiger charge is 2.29. The minimum absolute atomic E-state index is 0.0567. The van der Waals surface area contributed by atoms with Gasteiger partial charge in [-0.2, -0.15) is 5.10 Å². The fourth-order valence-corrected chi connectivity index (χ4v) is 4.89. The number of H-pyrrole nitrogens is 1. The van der Waals surface area contributed by atoms with E-state index in [2.05, 4.69) is 15.1 Å². The Morgan fingerprint density at radius 3 is 2.43 bits per heavy atom. The summed E-state index contributed by atoms with van der Waals surface area (Å²) in [5, 5.41) is 6.41. The fourth-order valence-electron chi connectivity index (χ4n) is 3.34. The second-order valence-electron chi connectivity index (χ2n) is 6.67. The van der Waals surface area contributed by atoms with Crippen molar-refractivity contribution in [3.8, 4) is 0 Å². The second-order valence-corrected chi connectivity index (χ2v) is 8.56. The second kappa shape index (κ2) is 7.76. The normalized spacial score (nSPS) is 12.1. The number of nitrogen functional groups attached to an aromatic ring is 1. The topological polar surface area (TPSA) is 114 Å². The third kappa shape index (κ3) is 3.43. The highest BCUT2D eigenvalue weighted by molar-refractivity contribution is 7.92. The van der Waals surface area contributed by atoms with Crippen LogP contribution in [0.1, 0.15) is 19.4 Å². The zero-order chi connectivity index (χ0) is 20.5. The molecule has 2 aromatic heterocycles. The first-order chi connectivity index (χ1) is 13.3. The molecular weight excluding hydrogens is 378 g/mol. The number of nitrogens with one attached hydrogen (secondary N) is 1. The lowest BCUT2D eigenvalue weighted by molar-refractivity contribution is 0.292. The molecule has 0 aliphatic carbocycles. The van der Waals surface area contributed by atoms with Gasteiger partial charge in [0.1, 0.15) is 16.2 Å². The van der Waals surface area contributed by atoms with E-state index in [9.17, 15) is 13.2 Å². The summed E-state index contributed by atoms with van der Waals surface area (Å²) in [6.45, 7) is 8.72. The summed E-state index contributed by atoms with van der Waals surface area (Å²) in [6, 6.07) is 6.55. The van der Waals surface area contributed by atoms with Gasteiger partial charge in [0.25, 0.3) is 5.56 Å². The van der Waals surface area contributed by atoms with Gasteiger partial charge in [-0.15, -0.1) is 0 Å². The van der Waals surface area contributed by atoms with Crippen molar-refractivity contribution < 1.29 is 8.42 Å². The molecule has 0 aliphatic rings. The van der Waals surface area contributed by atoms with Crippen molar-refractivity contribution in [3.05, 3.63) is 46.4 Å². The van der Waals surface area contributed by atoms with E-state index in [1.165, 1.54) is 6.20 Å². The lowest BCUT2D eigenvalue weighted by Crippen LogP contribution is -2.28. The summed E-state index contributed by atoms with van der Waals surface area (Å²) in [4.78, 5) is 14.7. The first-order valence-corrected chi connectivity index (χ1v) is 10.7. The quantitative estimate of drug-likeness (QED) is 0.622. The Hall–Kier alpha value is -2.65. The molecule has 0 saturated heterocycles. The number of hydrogen-bond acceptors (Lipinski definition) is 6. The Labute approximate surface area is 163 Å². The highest BCUT2D eigenvalue weighted by atomic mass is 32.2. The smallest absolute Gasteiger partial charge is 0.288 e. The average molecular weight is 404 g/mol. The maximum atomic E-state index is 13.3. The van der Waals surface area contributed by atoms with Gasteiger partial charge in [-0.3, -0.25) is 4.79 Å². The van der Waals surface area contributed by atoms with Gasteiger partial charge in [0.05, 0.1) is 11.1 Å². The Kier molecular flexibility index (Phi) is 5.57. The van der Waals surface area contributed by atoms with E-state index >= 15 is 0 Å².